The molecule has 2 rings (SSSR count). The van der Waals surface area contributed by atoms with E-state index < -0.39 is 0 Å². The fraction of sp³-hybridized carbons (Fsp3) is 0.300. The van der Waals surface area contributed by atoms with Crippen LogP contribution >= 0.6 is 12.2 Å². The Morgan fingerprint density at radius 1 is 1.59 bits per heavy atom. The van der Waals surface area contributed by atoms with E-state index in [1.165, 1.54) is 15.5 Å². The van der Waals surface area contributed by atoms with E-state index >= 15 is 0 Å². The molecule has 0 aliphatic rings. The van der Waals surface area contributed by atoms with Gasteiger partial charge in [0.05, 0.1) is 0 Å². The summed E-state index contributed by atoms with van der Waals surface area (Å²) < 4.78 is 3.48. The maximum absolute atomic E-state index is 12.1. The van der Waals surface area contributed by atoms with Crippen LogP contribution < -0.4 is 40.2 Å². The second-order valence-electron chi connectivity index (χ2n) is 3.28. The summed E-state index contributed by atoms with van der Waals surface area (Å²) in [5.74, 6) is 0. The van der Waals surface area contributed by atoms with Crippen LogP contribution in [0.5, 0.6) is 0 Å². The van der Waals surface area contributed by atoms with Crippen LogP contribution in [0.25, 0.3) is 11.2 Å². The van der Waals surface area contributed by atoms with Gasteiger partial charge in [0, 0.05) is 24.3 Å². The van der Waals surface area contributed by atoms with E-state index in [2.05, 4.69) is 16.5 Å². The topological polar surface area (TPSA) is 53.9 Å². The molecule has 2 aromatic rings. The third kappa shape index (κ3) is 2.30. The molecule has 0 aliphatic heterocycles. The largest absolute Gasteiger partial charge is 1.00 e. The second-order valence-corrected chi connectivity index (χ2v) is 3.66. The first-order valence-corrected chi connectivity index (χ1v) is 5.33. The van der Waals surface area contributed by atoms with Crippen LogP contribution in [-0.2, 0) is 13.1 Å². The summed E-state index contributed by atoms with van der Waals surface area (Å²) in [6.07, 6.45) is 3.07. The van der Waals surface area contributed by atoms with Crippen molar-refractivity contribution in [1.82, 2.24) is 19.1 Å². The molecule has 0 aliphatic carbocycles. The van der Waals surface area contributed by atoms with Crippen LogP contribution in [0.15, 0.2) is 23.8 Å². The van der Waals surface area contributed by atoms with Crippen LogP contribution in [0.3, 0.4) is 0 Å². The molecule has 0 fully saturated rings. The molecule has 0 radical (unpaired) electrons. The maximum Gasteiger partial charge on any atom is 1.00 e. The van der Waals surface area contributed by atoms with Crippen molar-refractivity contribution < 1.29 is 29.6 Å². The van der Waals surface area contributed by atoms with Gasteiger partial charge in [-0.15, -0.1) is 6.58 Å². The molecule has 0 amide bonds. The van der Waals surface area contributed by atoms with Crippen molar-refractivity contribution in [3.63, 3.8) is 0 Å². The molecule has 0 N–H and O–H groups in total. The van der Waals surface area contributed by atoms with Gasteiger partial charge in [0.1, 0.15) is 4.64 Å². The Morgan fingerprint density at radius 3 is 2.88 bits per heavy atom. The summed E-state index contributed by atoms with van der Waals surface area (Å²) in [6.45, 7) is 6.43. The average Bonchev–Trinajstić information content (AvgIpc) is 2.74. The number of fused-ring (bicyclic) bond motifs is 1. The van der Waals surface area contributed by atoms with E-state index in [4.69, 9.17) is 12.2 Å². The van der Waals surface area contributed by atoms with Crippen molar-refractivity contribution in [2.45, 2.75) is 20.0 Å². The van der Waals surface area contributed by atoms with Crippen LogP contribution in [-0.4, -0.2) is 14.1 Å². The second kappa shape index (κ2) is 5.77. The average molecular weight is 258 g/mol. The number of hydrogen-bond donors (Lipinski definition) is 0. The Bertz CT molecular complexity index is 654. The minimum atomic E-state index is -0.166. The quantitative estimate of drug-likeness (QED) is 0.366. The van der Waals surface area contributed by atoms with Crippen LogP contribution in [0, 0.1) is 4.64 Å². The smallest absolute Gasteiger partial charge is 0.439 e. The maximum atomic E-state index is 12.1. The van der Waals surface area contributed by atoms with Gasteiger partial charge in [-0.3, -0.25) is 9.13 Å². The molecule has 0 aromatic carbocycles. The number of imidazole rings is 1. The van der Waals surface area contributed by atoms with E-state index in [-0.39, 0.29) is 35.2 Å². The van der Waals surface area contributed by atoms with E-state index in [9.17, 15) is 4.79 Å². The fourth-order valence-electron chi connectivity index (χ4n) is 1.63. The summed E-state index contributed by atoms with van der Waals surface area (Å²) in [5, 5.41) is 0. The summed E-state index contributed by atoms with van der Waals surface area (Å²) in [4.78, 5) is 20.2. The molecule has 7 heteroatoms. The van der Waals surface area contributed by atoms with Gasteiger partial charge in [0.25, 0.3) is 0 Å². The van der Waals surface area contributed by atoms with Crippen LogP contribution in [0.4, 0.5) is 0 Å². The first kappa shape index (κ1) is 14.4. The molecule has 2 aromatic heterocycles. The predicted molar refractivity (Wildman–Crippen MR) is 64.0 cm³/mol. The SMILES string of the molecule is C=CCn1c(=O)n(CC)c(=S)c2[n-]cnc21.[Na+]. The van der Waals surface area contributed by atoms with Gasteiger partial charge in [0.15, 0.2) is 0 Å². The van der Waals surface area contributed by atoms with E-state index in [1.54, 1.807) is 6.08 Å². The first-order valence-electron chi connectivity index (χ1n) is 4.92. The molecule has 0 bridgehead atoms. The van der Waals surface area contributed by atoms with Crippen molar-refractivity contribution in [3.05, 3.63) is 34.1 Å². The zero-order valence-electron chi connectivity index (χ0n) is 9.88. The molecule has 0 saturated heterocycles. The summed E-state index contributed by atoms with van der Waals surface area (Å²) >= 11 is 5.20. The molecule has 2 heterocycles. The number of aromatic nitrogens is 4. The Kier molecular flexibility index (Phi) is 4.88. The van der Waals surface area contributed by atoms with Crippen LogP contribution in [0.1, 0.15) is 6.92 Å². The van der Waals surface area contributed by atoms with Gasteiger partial charge in [-0.25, -0.2) is 4.79 Å². The summed E-state index contributed by atoms with van der Waals surface area (Å²) in [7, 11) is 0. The molecule has 0 unspecified atom stereocenters. The Hall–Kier alpha value is -0.690. The molecule has 0 saturated carbocycles. The molecular weight excluding hydrogens is 247 g/mol. The normalized spacial score (nSPS) is 10.2. The third-order valence-corrected chi connectivity index (χ3v) is 2.79. The van der Waals surface area contributed by atoms with Crippen molar-refractivity contribution in [2.24, 2.45) is 0 Å². The molecular formula is C10H11N4NaOS. The molecule has 17 heavy (non-hydrogen) atoms. The Balaban J connectivity index is 0.00000144. The van der Waals surface area contributed by atoms with Crippen LogP contribution in [0.2, 0.25) is 0 Å². The standard InChI is InChI=1S/C10H12N4OS.Na/c1-3-5-14-8-7(11-6-12-8)9(16)13(4-2)10(14)15;/h3,6H,1,4-5H2,2H3,(H,11,12,16);/q;+1/p-1. The first-order chi connectivity index (χ1) is 7.70. The van der Waals surface area contributed by atoms with E-state index in [0.717, 1.165) is 0 Å². The number of nitrogens with zero attached hydrogens (tertiary/aromatic N) is 4. The van der Waals surface area contributed by atoms with Crippen molar-refractivity contribution in [3.8, 4) is 0 Å². The van der Waals surface area contributed by atoms with Crippen molar-refractivity contribution >= 4 is 23.4 Å². The molecule has 84 valence electrons. The molecule has 5 nitrogen and oxygen atoms in total. The molecule has 0 atom stereocenters. The summed E-state index contributed by atoms with van der Waals surface area (Å²) in [6, 6.07) is 0. The zero-order chi connectivity index (χ0) is 11.7. The van der Waals surface area contributed by atoms with Gasteiger partial charge in [-0.1, -0.05) is 24.6 Å². The Labute approximate surface area is 125 Å². The van der Waals surface area contributed by atoms with E-state index in [0.29, 0.717) is 28.9 Å². The van der Waals surface area contributed by atoms with E-state index in [1.807, 2.05) is 6.92 Å². The third-order valence-electron chi connectivity index (χ3n) is 2.37. The molecule has 0 spiro atoms. The monoisotopic (exact) mass is 258 g/mol. The minimum Gasteiger partial charge on any atom is -0.439 e. The predicted octanol–water partition coefficient (Wildman–Crippen LogP) is -1.91. The van der Waals surface area contributed by atoms with Gasteiger partial charge in [-0.05, 0) is 6.92 Å². The fourth-order valence-corrected chi connectivity index (χ4v) is 1.98. The van der Waals surface area contributed by atoms with Crippen molar-refractivity contribution in [2.75, 3.05) is 0 Å². The minimum absolute atomic E-state index is 0. The zero-order valence-corrected chi connectivity index (χ0v) is 12.7. The number of hydrogen-bond acceptors (Lipinski definition) is 3. The van der Waals surface area contributed by atoms with Crippen molar-refractivity contribution in [1.29, 1.82) is 0 Å². The summed E-state index contributed by atoms with van der Waals surface area (Å²) in [5.41, 5.74) is 0.957. The Morgan fingerprint density at radius 2 is 2.29 bits per heavy atom. The number of rotatable bonds is 3. The van der Waals surface area contributed by atoms with Gasteiger partial charge < -0.3 is 9.97 Å². The van der Waals surface area contributed by atoms with Gasteiger partial charge in [0.2, 0.25) is 0 Å². The van der Waals surface area contributed by atoms with Gasteiger partial charge >= 0.3 is 35.2 Å². The number of allylic oxidation sites excluding steroid dienone is 1. The van der Waals surface area contributed by atoms with Gasteiger partial charge in [-0.2, -0.15) is 0 Å².